The molecule has 0 aliphatic carbocycles. The van der Waals surface area contributed by atoms with E-state index in [1.54, 1.807) is 24.3 Å². The van der Waals surface area contributed by atoms with Gasteiger partial charge < -0.3 is 9.97 Å². The lowest BCUT2D eigenvalue weighted by Crippen LogP contribution is -2.18. The number of nitrogens with one attached hydrogen (secondary N) is 2. The number of ketones is 1. The molecular weight excluding hydrogens is 429 g/mol. The zero-order valence-corrected chi connectivity index (χ0v) is 17.3. The van der Waals surface area contributed by atoms with Crippen molar-refractivity contribution in [3.8, 4) is 11.1 Å². The van der Waals surface area contributed by atoms with Crippen molar-refractivity contribution < 1.29 is 9.18 Å². The zero-order chi connectivity index (χ0) is 22.2. The number of carbonyl (C=O) groups excluding carboxylic acids is 1. The topological polar surface area (TPSA) is 78.6 Å². The van der Waals surface area contributed by atoms with E-state index in [1.165, 1.54) is 24.3 Å². The fraction of sp³-hybridized carbons (Fsp3) is 0. The first-order valence-electron chi connectivity index (χ1n) is 9.78. The average Bonchev–Trinajstić information content (AvgIpc) is 3.19. The van der Waals surface area contributed by atoms with Gasteiger partial charge in [0, 0.05) is 21.5 Å². The third-order valence-electron chi connectivity index (χ3n) is 5.14. The van der Waals surface area contributed by atoms with Crippen molar-refractivity contribution in [3.63, 3.8) is 0 Å². The van der Waals surface area contributed by atoms with E-state index in [0.29, 0.717) is 38.3 Å². The maximum atomic E-state index is 13.4. The van der Waals surface area contributed by atoms with Gasteiger partial charge in [-0.05, 0) is 54.1 Å². The molecule has 3 aromatic carbocycles. The van der Waals surface area contributed by atoms with Crippen molar-refractivity contribution in [2.45, 2.75) is 0 Å². The number of fused-ring (bicyclic) bond motifs is 2. The van der Waals surface area contributed by atoms with Crippen LogP contribution in [0.15, 0.2) is 77.6 Å². The summed E-state index contributed by atoms with van der Waals surface area (Å²) in [5.74, 6) is -0.499. The standard InChI is InChI=1S/C25H15ClFN3O2/c26-15-6-8-18-17(12-15)23(14-4-2-1-3-5-14)24(25(32)30-18)21(31)10-11-22-28-19-9-7-16(27)13-20(19)29-22/h1-13H,(H,28,29)(H,30,32)/b11-10+. The molecular formula is C25H15ClFN3O2. The Morgan fingerprint density at radius 3 is 2.59 bits per heavy atom. The number of hydrogen-bond donors (Lipinski definition) is 2. The van der Waals surface area contributed by atoms with Gasteiger partial charge in [0.05, 0.1) is 16.6 Å². The summed E-state index contributed by atoms with van der Waals surface area (Å²) in [5.41, 5.74) is 2.40. The number of H-pyrrole nitrogens is 2. The molecule has 0 saturated heterocycles. The number of aromatic amines is 2. The van der Waals surface area contributed by atoms with Crippen molar-refractivity contribution in [2.24, 2.45) is 0 Å². The Hall–Kier alpha value is -4.03. The van der Waals surface area contributed by atoms with Crippen LogP contribution in [0.5, 0.6) is 0 Å². The van der Waals surface area contributed by atoms with Gasteiger partial charge in [0.15, 0.2) is 5.78 Å². The molecule has 0 radical (unpaired) electrons. The van der Waals surface area contributed by atoms with Crippen molar-refractivity contribution in [3.05, 3.63) is 105 Å². The number of carbonyl (C=O) groups is 1. The third kappa shape index (κ3) is 3.61. The normalized spacial score (nSPS) is 11.6. The summed E-state index contributed by atoms with van der Waals surface area (Å²) >= 11 is 6.21. The number of aromatic nitrogens is 3. The highest BCUT2D eigenvalue weighted by atomic mass is 35.5. The zero-order valence-electron chi connectivity index (χ0n) is 16.5. The summed E-state index contributed by atoms with van der Waals surface area (Å²) in [5, 5.41) is 1.16. The van der Waals surface area contributed by atoms with Crippen LogP contribution in [0.3, 0.4) is 0 Å². The van der Waals surface area contributed by atoms with E-state index in [2.05, 4.69) is 15.0 Å². The molecule has 0 bridgehead atoms. The highest BCUT2D eigenvalue weighted by Gasteiger charge is 2.19. The molecule has 0 aliphatic rings. The Morgan fingerprint density at radius 1 is 0.969 bits per heavy atom. The highest BCUT2D eigenvalue weighted by molar-refractivity contribution is 6.31. The van der Waals surface area contributed by atoms with E-state index in [0.717, 1.165) is 5.56 Å². The predicted molar refractivity (Wildman–Crippen MR) is 124 cm³/mol. The first-order valence-corrected chi connectivity index (χ1v) is 10.2. The molecule has 0 atom stereocenters. The Morgan fingerprint density at radius 2 is 1.78 bits per heavy atom. The molecule has 0 unspecified atom stereocenters. The molecule has 2 N–H and O–H groups in total. The molecule has 32 heavy (non-hydrogen) atoms. The molecule has 2 aromatic heterocycles. The Kier molecular flexibility index (Phi) is 4.92. The summed E-state index contributed by atoms with van der Waals surface area (Å²) in [6, 6.07) is 18.5. The van der Waals surface area contributed by atoms with E-state index < -0.39 is 11.3 Å². The first kappa shape index (κ1) is 19.9. The van der Waals surface area contributed by atoms with Crippen LogP contribution in [0, 0.1) is 5.82 Å². The molecule has 0 spiro atoms. The number of imidazole rings is 1. The molecule has 7 heteroatoms. The second-order valence-corrected chi connectivity index (χ2v) is 7.68. The van der Waals surface area contributed by atoms with Crippen LogP contribution in [0.25, 0.3) is 39.1 Å². The van der Waals surface area contributed by atoms with Gasteiger partial charge in [-0.1, -0.05) is 41.9 Å². The Bertz CT molecular complexity index is 1590. The Balaban J connectivity index is 1.65. The van der Waals surface area contributed by atoms with Crippen LogP contribution >= 0.6 is 11.6 Å². The van der Waals surface area contributed by atoms with Gasteiger partial charge >= 0.3 is 0 Å². The lowest BCUT2D eigenvalue weighted by molar-refractivity contribution is 0.104. The van der Waals surface area contributed by atoms with Gasteiger partial charge in [-0.25, -0.2) is 9.37 Å². The van der Waals surface area contributed by atoms with Crippen LogP contribution in [0.4, 0.5) is 4.39 Å². The lowest BCUT2D eigenvalue weighted by Gasteiger charge is -2.11. The van der Waals surface area contributed by atoms with Crippen molar-refractivity contribution in [2.75, 3.05) is 0 Å². The molecule has 0 saturated carbocycles. The summed E-state index contributed by atoms with van der Waals surface area (Å²) in [6.45, 7) is 0. The largest absolute Gasteiger partial charge is 0.338 e. The smallest absolute Gasteiger partial charge is 0.260 e. The molecule has 5 aromatic rings. The number of nitrogens with zero attached hydrogens (tertiary/aromatic N) is 1. The molecule has 5 rings (SSSR count). The van der Waals surface area contributed by atoms with Gasteiger partial charge in [0.25, 0.3) is 5.56 Å². The molecule has 0 amide bonds. The summed E-state index contributed by atoms with van der Waals surface area (Å²) in [6.07, 6.45) is 2.75. The summed E-state index contributed by atoms with van der Waals surface area (Å²) in [4.78, 5) is 36.2. The van der Waals surface area contributed by atoms with Crippen molar-refractivity contribution >= 4 is 45.4 Å². The van der Waals surface area contributed by atoms with Crippen LogP contribution in [-0.4, -0.2) is 20.7 Å². The number of halogens is 2. The number of rotatable bonds is 4. The minimum atomic E-state index is -0.500. The maximum absolute atomic E-state index is 13.4. The van der Waals surface area contributed by atoms with Crippen molar-refractivity contribution in [1.82, 2.24) is 15.0 Å². The van der Waals surface area contributed by atoms with Crippen LogP contribution < -0.4 is 5.56 Å². The first-order chi connectivity index (χ1) is 15.5. The van der Waals surface area contributed by atoms with Crippen LogP contribution in [0.1, 0.15) is 16.2 Å². The minimum Gasteiger partial charge on any atom is -0.338 e. The van der Waals surface area contributed by atoms with E-state index >= 15 is 0 Å². The summed E-state index contributed by atoms with van der Waals surface area (Å²) in [7, 11) is 0. The lowest BCUT2D eigenvalue weighted by atomic mass is 9.94. The van der Waals surface area contributed by atoms with Gasteiger partial charge in [0.1, 0.15) is 11.6 Å². The number of allylic oxidation sites excluding steroid dienone is 1. The highest BCUT2D eigenvalue weighted by Crippen LogP contribution is 2.31. The number of pyridine rings is 1. The fourth-order valence-corrected chi connectivity index (χ4v) is 3.90. The second kappa shape index (κ2) is 7.90. The monoisotopic (exact) mass is 443 g/mol. The Labute approximate surface area is 186 Å². The second-order valence-electron chi connectivity index (χ2n) is 7.24. The molecule has 156 valence electrons. The maximum Gasteiger partial charge on any atom is 0.260 e. The van der Waals surface area contributed by atoms with Crippen molar-refractivity contribution in [1.29, 1.82) is 0 Å². The van der Waals surface area contributed by atoms with Gasteiger partial charge in [-0.15, -0.1) is 0 Å². The van der Waals surface area contributed by atoms with E-state index in [-0.39, 0.29) is 11.4 Å². The van der Waals surface area contributed by atoms with E-state index in [9.17, 15) is 14.0 Å². The average molecular weight is 444 g/mol. The predicted octanol–water partition coefficient (Wildman–Crippen LogP) is 5.76. The summed E-state index contributed by atoms with van der Waals surface area (Å²) < 4.78 is 13.4. The molecule has 0 fully saturated rings. The van der Waals surface area contributed by atoms with Gasteiger partial charge in [0.2, 0.25) is 0 Å². The van der Waals surface area contributed by atoms with E-state index in [1.807, 2.05) is 30.3 Å². The minimum absolute atomic E-state index is 0.00405. The third-order valence-corrected chi connectivity index (χ3v) is 5.37. The fourth-order valence-electron chi connectivity index (χ4n) is 3.72. The molecule has 0 aliphatic heterocycles. The number of benzene rings is 3. The van der Waals surface area contributed by atoms with Gasteiger partial charge in [-0.3, -0.25) is 9.59 Å². The quantitative estimate of drug-likeness (QED) is 0.274. The SMILES string of the molecule is O=C(/C=C/c1nc2ccc(F)cc2[nH]1)c1c(-c2ccccc2)c2cc(Cl)ccc2[nH]c1=O. The number of hydrogen-bond acceptors (Lipinski definition) is 3. The van der Waals surface area contributed by atoms with E-state index in [4.69, 9.17) is 11.6 Å². The molecule has 2 heterocycles. The van der Waals surface area contributed by atoms with Crippen LogP contribution in [-0.2, 0) is 0 Å². The van der Waals surface area contributed by atoms with Gasteiger partial charge in [-0.2, -0.15) is 0 Å². The molecule has 5 nitrogen and oxygen atoms in total. The van der Waals surface area contributed by atoms with Crippen LogP contribution in [0.2, 0.25) is 5.02 Å².